The van der Waals surface area contributed by atoms with Gasteiger partial charge < -0.3 is 14.2 Å². The minimum Gasteiger partial charge on any atom is -0.494 e. The third-order valence-corrected chi connectivity index (χ3v) is 3.79. The molecule has 0 spiro atoms. The molecule has 0 unspecified atom stereocenters. The molecule has 0 aliphatic carbocycles. The van der Waals surface area contributed by atoms with Crippen molar-refractivity contribution in [2.24, 2.45) is 0 Å². The van der Waals surface area contributed by atoms with Gasteiger partial charge in [0.2, 0.25) is 17.6 Å². The Morgan fingerprint density at radius 2 is 1.88 bits per heavy atom. The predicted octanol–water partition coefficient (Wildman–Crippen LogP) is 2.73. The Morgan fingerprint density at radius 1 is 1.15 bits per heavy atom. The Morgan fingerprint density at radius 3 is 2.58 bits per heavy atom. The van der Waals surface area contributed by atoms with Crippen molar-refractivity contribution < 1.29 is 14.1 Å². The van der Waals surface area contributed by atoms with Crippen LogP contribution in [0.3, 0.4) is 0 Å². The van der Waals surface area contributed by atoms with Crippen molar-refractivity contribution in [3.8, 4) is 17.1 Å². The minimum absolute atomic E-state index is 0.0298. The van der Waals surface area contributed by atoms with Gasteiger partial charge in [-0.05, 0) is 36.8 Å². The standard InChI is InChI=1S/C19H20N4O3/c1-3-25-16-6-4-14(5-7-16)12-18(24)23(2)13-17-21-19(22-26-17)15-8-10-20-11-9-15/h4-11H,3,12-13H2,1-2H3. The molecule has 3 rings (SSSR count). The molecule has 0 aliphatic rings. The summed E-state index contributed by atoms with van der Waals surface area (Å²) in [5, 5.41) is 3.94. The van der Waals surface area contributed by atoms with Gasteiger partial charge in [-0.3, -0.25) is 9.78 Å². The van der Waals surface area contributed by atoms with Gasteiger partial charge in [-0.25, -0.2) is 0 Å². The van der Waals surface area contributed by atoms with E-state index in [1.54, 1.807) is 36.5 Å². The average molecular weight is 352 g/mol. The fraction of sp³-hybridized carbons (Fsp3) is 0.263. The molecule has 134 valence electrons. The van der Waals surface area contributed by atoms with Crippen LogP contribution in [0, 0.1) is 0 Å². The summed E-state index contributed by atoms with van der Waals surface area (Å²) in [5.74, 6) is 1.64. The molecule has 0 atom stereocenters. The van der Waals surface area contributed by atoms with E-state index in [1.807, 2.05) is 31.2 Å². The Hall–Kier alpha value is -3.22. The summed E-state index contributed by atoms with van der Waals surface area (Å²) in [6.45, 7) is 2.81. The maximum absolute atomic E-state index is 12.4. The highest BCUT2D eigenvalue weighted by molar-refractivity contribution is 5.78. The van der Waals surface area contributed by atoms with Crippen molar-refractivity contribution in [3.63, 3.8) is 0 Å². The van der Waals surface area contributed by atoms with Gasteiger partial charge in [0.15, 0.2) is 0 Å². The van der Waals surface area contributed by atoms with Crippen LogP contribution in [0.2, 0.25) is 0 Å². The second-order valence-corrected chi connectivity index (χ2v) is 5.75. The van der Waals surface area contributed by atoms with Crippen LogP contribution in [0.15, 0.2) is 53.3 Å². The van der Waals surface area contributed by atoms with E-state index in [2.05, 4.69) is 15.1 Å². The van der Waals surface area contributed by atoms with E-state index < -0.39 is 0 Å². The summed E-state index contributed by atoms with van der Waals surface area (Å²) >= 11 is 0. The molecule has 26 heavy (non-hydrogen) atoms. The van der Waals surface area contributed by atoms with Crippen LogP contribution in [0.25, 0.3) is 11.4 Å². The van der Waals surface area contributed by atoms with Crippen LogP contribution in [-0.2, 0) is 17.8 Å². The zero-order chi connectivity index (χ0) is 18.4. The highest BCUT2D eigenvalue weighted by atomic mass is 16.5. The first-order valence-corrected chi connectivity index (χ1v) is 8.34. The number of amides is 1. The second-order valence-electron chi connectivity index (χ2n) is 5.75. The molecule has 7 heteroatoms. The van der Waals surface area contributed by atoms with Gasteiger partial charge in [0.05, 0.1) is 19.6 Å². The van der Waals surface area contributed by atoms with Crippen molar-refractivity contribution in [2.45, 2.75) is 19.9 Å². The SMILES string of the molecule is CCOc1ccc(CC(=O)N(C)Cc2nc(-c3ccncc3)no2)cc1. The van der Waals surface area contributed by atoms with Gasteiger partial charge in [0.25, 0.3) is 0 Å². The molecule has 0 fully saturated rings. The lowest BCUT2D eigenvalue weighted by atomic mass is 10.1. The van der Waals surface area contributed by atoms with Crippen LogP contribution in [-0.4, -0.2) is 39.6 Å². The summed E-state index contributed by atoms with van der Waals surface area (Å²) in [5.41, 5.74) is 1.74. The molecule has 2 heterocycles. The van der Waals surface area contributed by atoms with Gasteiger partial charge in [-0.15, -0.1) is 0 Å². The van der Waals surface area contributed by atoms with Crippen molar-refractivity contribution in [1.29, 1.82) is 0 Å². The molecule has 2 aromatic heterocycles. The number of aromatic nitrogens is 3. The molecule has 0 N–H and O–H groups in total. The lowest BCUT2D eigenvalue weighted by Crippen LogP contribution is -2.27. The van der Waals surface area contributed by atoms with Gasteiger partial charge in [0.1, 0.15) is 5.75 Å². The van der Waals surface area contributed by atoms with E-state index in [4.69, 9.17) is 9.26 Å². The Kier molecular flexibility index (Phi) is 5.58. The van der Waals surface area contributed by atoms with Gasteiger partial charge >= 0.3 is 0 Å². The normalized spacial score (nSPS) is 10.5. The first-order chi connectivity index (χ1) is 12.7. The number of ether oxygens (including phenoxy) is 1. The fourth-order valence-corrected chi connectivity index (χ4v) is 2.41. The van der Waals surface area contributed by atoms with E-state index in [0.717, 1.165) is 16.9 Å². The number of nitrogens with zero attached hydrogens (tertiary/aromatic N) is 4. The summed E-state index contributed by atoms with van der Waals surface area (Å²) in [6.07, 6.45) is 3.63. The van der Waals surface area contributed by atoms with Crippen LogP contribution in [0.5, 0.6) is 5.75 Å². The van der Waals surface area contributed by atoms with Crippen molar-refractivity contribution in [1.82, 2.24) is 20.0 Å². The summed E-state index contributed by atoms with van der Waals surface area (Å²) in [4.78, 5) is 22.3. The first-order valence-electron chi connectivity index (χ1n) is 8.34. The molecule has 0 saturated heterocycles. The van der Waals surface area contributed by atoms with E-state index in [-0.39, 0.29) is 12.5 Å². The maximum atomic E-state index is 12.4. The molecule has 0 saturated carbocycles. The van der Waals surface area contributed by atoms with Crippen LogP contribution in [0.4, 0.5) is 0 Å². The number of pyridine rings is 1. The number of rotatable bonds is 7. The van der Waals surface area contributed by atoms with Crippen molar-refractivity contribution in [2.75, 3.05) is 13.7 Å². The predicted molar refractivity (Wildman–Crippen MR) is 95.3 cm³/mol. The highest BCUT2D eigenvalue weighted by Crippen LogP contribution is 2.16. The van der Waals surface area contributed by atoms with Gasteiger partial charge in [0, 0.05) is 25.0 Å². The van der Waals surface area contributed by atoms with E-state index in [9.17, 15) is 4.79 Å². The Bertz CT molecular complexity index is 847. The lowest BCUT2D eigenvalue weighted by molar-refractivity contribution is -0.130. The molecular weight excluding hydrogens is 332 g/mol. The molecule has 0 radical (unpaired) electrons. The van der Waals surface area contributed by atoms with E-state index in [0.29, 0.717) is 24.7 Å². The molecule has 1 aromatic carbocycles. The Balaban J connectivity index is 1.58. The first kappa shape index (κ1) is 17.6. The molecule has 0 aliphatic heterocycles. The van der Waals surface area contributed by atoms with E-state index in [1.165, 1.54) is 0 Å². The van der Waals surface area contributed by atoms with Gasteiger partial charge in [-0.1, -0.05) is 17.3 Å². The topological polar surface area (TPSA) is 81.4 Å². The summed E-state index contributed by atoms with van der Waals surface area (Å²) in [7, 11) is 1.72. The fourth-order valence-electron chi connectivity index (χ4n) is 2.41. The quantitative estimate of drug-likeness (QED) is 0.650. The van der Waals surface area contributed by atoms with Crippen molar-refractivity contribution in [3.05, 3.63) is 60.2 Å². The molecule has 3 aromatic rings. The summed E-state index contributed by atoms with van der Waals surface area (Å²) in [6, 6.07) is 11.1. The number of benzene rings is 1. The van der Waals surface area contributed by atoms with E-state index >= 15 is 0 Å². The Labute approximate surface area is 151 Å². The number of likely N-dealkylation sites (N-methyl/N-ethyl adjacent to an activating group) is 1. The minimum atomic E-state index is -0.0298. The zero-order valence-corrected chi connectivity index (χ0v) is 14.8. The number of carbonyl (C=O) groups excluding carboxylic acids is 1. The maximum Gasteiger partial charge on any atom is 0.246 e. The molecular formula is C19H20N4O3. The van der Waals surface area contributed by atoms with Crippen LogP contribution >= 0.6 is 0 Å². The van der Waals surface area contributed by atoms with Crippen LogP contribution in [0.1, 0.15) is 18.4 Å². The number of hydrogen-bond acceptors (Lipinski definition) is 6. The highest BCUT2D eigenvalue weighted by Gasteiger charge is 2.15. The molecule has 0 bridgehead atoms. The summed E-state index contributed by atoms with van der Waals surface area (Å²) < 4.78 is 10.6. The van der Waals surface area contributed by atoms with Crippen molar-refractivity contribution >= 4 is 5.91 Å². The smallest absolute Gasteiger partial charge is 0.246 e. The third kappa shape index (κ3) is 4.44. The van der Waals surface area contributed by atoms with Crippen LogP contribution < -0.4 is 4.74 Å². The molecule has 1 amide bonds. The average Bonchev–Trinajstić information content (AvgIpc) is 3.13. The zero-order valence-electron chi connectivity index (χ0n) is 14.8. The van der Waals surface area contributed by atoms with Gasteiger partial charge in [-0.2, -0.15) is 4.98 Å². The lowest BCUT2D eigenvalue weighted by Gasteiger charge is -2.14. The second kappa shape index (κ2) is 8.24. The largest absolute Gasteiger partial charge is 0.494 e. The number of carbonyl (C=O) groups is 1. The third-order valence-electron chi connectivity index (χ3n) is 3.79. The molecule has 7 nitrogen and oxygen atoms in total. The number of hydrogen-bond donors (Lipinski definition) is 0. The monoisotopic (exact) mass is 352 g/mol.